The van der Waals surface area contributed by atoms with Crippen LogP contribution in [0.15, 0.2) is 0 Å². The molecule has 6 unspecified atom stereocenters. The lowest BCUT2D eigenvalue weighted by atomic mass is 10.2. The summed E-state index contributed by atoms with van der Waals surface area (Å²) in [6, 6.07) is 0. The fourth-order valence-corrected chi connectivity index (χ4v) is 2490. The summed E-state index contributed by atoms with van der Waals surface area (Å²) in [5.74, 6) is 0. The molecule has 0 aromatic carbocycles. The second kappa shape index (κ2) is 12.4. The van der Waals surface area contributed by atoms with Crippen LogP contribution in [0, 0.1) is 0 Å². The van der Waals surface area contributed by atoms with Crippen molar-refractivity contribution in [1.82, 2.24) is 0 Å². The molecule has 0 bridgehead atoms. The highest BCUT2D eigenvalue weighted by Crippen LogP contribution is 3.09. The van der Waals surface area contributed by atoms with Crippen molar-refractivity contribution in [3.8, 4) is 0 Å². The molecule has 6 heterocycles. The van der Waals surface area contributed by atoms with Gasteiger partial charge in [0.05, 0.1) is 0 Å². The maximum Gasteiger partial charge on any atom is 0.0374 e. The average molecular weight is 1100 g/mol. The van der Waals surface area contributed by atoms with E-state index in [9.17, 15) is 0 Å². The zero-order valence-electron chi connectivity index (χ0n) is 49.5. The third-order valence-corrected chi connectivity index (χ3v) is 786. The normalized spacial score (nSPS) is 38.9. The van der Waals surface area contributed by atoms with Gasteiger partial charge in [-0.3, -0.25) is 0 Å². The molecule has 6 saturated heterocycles. The number of rotatable bonds is 8. The Labute approximate surface area is 398 Å². The SMILES string of the molecule is CC(C)(C)[Si](C)(C)[Si]12[Si]3([Si](C)(C)C)[Si]1([Si](C)(C)C(C)(C)C)[Si]1([Si](C)(C)C(C)(C)C)[Si]2([Si](C)(C)C(C)(C)C)[Si]2([Si](C)(C)C(C)(C)C)[Si]3([Si](C)(C)C(C)(C)C)[Si]12[Si](C)(C)C(C)(C)C. The fraction of sp³-hybridized carbons (Fsp3) is 1.00. The third kappa shape index (κ3) is 4.08. The zero-order chi connectivity index (χ0) is 49.5. The number of hydrogen-bond donors (Lipinski definition) is 0. The van der Waals surface area contributed by atoms with Crippen LogP contribution in [0.3, 0.4) is 0 Å². The molecule has 6 aliphatic heterocycles. The molecule has 6 atom stereocenters. The van der Waals surface area contributed by atoms with Gasteiger partial charge in [0.15, 0.2) is 0 Å². The Balaban J connectivity index is 2.61. The minimum Gasteiger partial charge on any atom is -0.0721 e. The smallest absolute Gasteiger partial charge is 0.0374 e. The largest absolute Gasteiger partial charge is 0.0721 e. The van der Waals surface area contributed by atoms with Crippen LogP contribution in [0.25, 0.3) is 0 Å². The van der Waals surface area contributed by atoms with Gasteiger partial charge in [-0.2, -0.15) is 0 Å². The summed E-state index contributed by atoms with van der Waals surface area (Å²) in [5.41, 5.74) is 0. The lowest BCUT2D eigenvalue weighted by Gasteiger charge is -2.96. The molecule has 358 valence electrons. The molecule has 16 heteroatoms. The first-order valence-electron chi connectivity index (χ1n) is 25.8. The molecule has 6 rings (SSSR count). The minimum atomic E-state index is -1.85. The van der Waals surface area contributed by atoms with Crippen LogP contribution >= 0.6 is 0 Å². The van der Waals surface area contributed by atoms with Gasteiger partial charge in [0, 0.05) is 110 Å². The average Bonchev–Trinajstić information content (AvgIpc) is 3.65. The second-order valence-corrected chi connectivity index (χ2v) is 260. The predicted octanol–water partition coefficient (Wildman–Crippen LogP) is 16.1. The van der Waals surface area contributed by atoms with Gasteiger partial charge in [-0.25, -0.2) is 0 Å². The first-order valence-corrected chi connectivity index (χ1v) is 86.2. The number of hydrogen-bond acceptors (Lipinski definition) is 0. The van der Waals surface area contributed by atoms with Crippen molar-refractivity contribution in [2.45, 2.75) is 292 Å². The molecule has 0 aromatic heterocycles. The third-order valence-electron chi connectivity index (χ3n) is 27.4. The molecular weight excluding hydrogens is 990 g/mol. The van der Waals surface area contributed by atoms with E-state index in [1.807, 2.05) is 0 Å². The van der Waals surface area contributed by atoms with E-state index in [4.69, 9.17) is 0 Å². The van der Waals surface area contributed by atoms with E-state index < -0.39 is 110 Å². The highest BCUT2D eigenvalue weighted by molar-refractivity contribution is 9.11. The van der Waals surface area contributed by atoms with Crippen molar-refractivity contribution in [2.75, 3.05) is 0 Å². The van der Waals surface area contributed by atoms with Gasteiger partial charge in [-0.05, 0) is 35.3 Å². The van der Waals surface area contributed by atoms with Gasteiger partial charge >= 0.3 is 0 Å². The Kier molecular flexibility index (Phi) is 11.2. The quantitative estimate of drug-likeness (QED) is 0.213. The Morgan fingerprint density at radius 2 is 0.246 bits per heavy atom. The zero-order valence-corrected chi connectivity index (χ0v) is 65.5. The van der Waals surface area contributed by atoms with E-state index in [-0.39, 0.29) is 0 Å². The Bertz CT molecular complexity index is 1790. The molecule has 6 fully saturated rings. The standard InChI is InChI=1S/C45H114Si16/c1-39(2,3)47(25,26)55-54(46(22,23)24)56(55,48(27,28)40(4,5)6)59(51(33,34)43(13,14)15)58(55,50(31,32)42(10,11)12)60(52(35,36)44(16,17)18)57(54,49(29,30)41(7,8)9)61(59,60)53(37,38)45(19,20)21/h1-38H3. The van der Waals surface area contributed by atoms with Gasteiger partial charge in [0.2, 0.25) is 0 Å². The minimum absolute atomic E-state index is 0.537. The molecule has 0 N–H and O–H groups in total. The monoisotopic (exact) mass is 1100 g/mol. The molecule has 0 aliphatic carbocycles. The van der Waals surface area contributed by atoms with Crippen LogP contribution in [0.2, 0.25) is 147 Å². The summed E-state index contributed by atoms with van der Waals surface area (Å²) in [4.78, 5) is 0. The second-order valence-electron chi connectivity index (χ2n) is 35.4. The molecule has 6 aliphatic rings. The van der Waals surface area contributed by atoms with Gasteiger partial charge < -0.3 is 0 Å². The van der Waals surface area contributed by atoms with Gasteiger partial charge in [0.25, 0.3) is 0 Å². The molecule has 0 radical (unpaired) electrons. The Morgan fingerprint density at radius 3 is 0.311 bits per heavy atom. The Morgan fingerprint density at radius 1 is 0.164 bits per heavy atom. The molecule has 0 nitrogen and oxygen atoms in total. The van der Waals surface area contributed by atoms with Crippen molar-refractivity contribution < 1.29 is 0 Å². The van der Waals surface area contributed by atoms with Crippen LogP contribution in [-0.2, 0) is 0 Å². The summed E-state index contributed by atoms with van der Waals surface area (Å²) >= 11 is 0. The summed E-state index contributed by atoms with van der Waals surface area (Å²) in [7, 11) is -14.4. The van der Waals surface area contributed by atoms with Crippen molar-refractivity contribution in [3.05, 3.63) is 0 Å². The molecule has 61 heavy (non-hydrogen) atoms. The predicted molar refractivity (Wildman–Crippen MR) is 330 cm³/mol. The molecule has 0 saturated carbocycles. The molecular formula is C45H114Si16. The van der Waals surface area contributed by atoms with Crippen molar-refractivity contribution in [3.63, 3.8) is 0 Å². The van der Waals surface area contributed by atoms with E-state index in [0.29, 0.717) is 35.3 Å². The van der Waals surface area contributed by atoms with Crippen LogP contribution < -0.4 is 0 Å². The molecule has 0 aromatic rings. The lowest BCUT2D eigenvalue weighted by Crippen LogP contribution is -3.30. The summed E-state index contributed by atoms with van der Waals surface area (Å²) in [6.07, 6.45) is -14.2. The fourth-order valence-electron chi connectivity index (χ4n) is 21.5. The first-order chi connectivity index (χ1) is 25.8. The van der Waals surface area contributed by atoms with Gasteiger partial charge in [0.1, 0.15) is 0 Å². The summed E-state index contributed by atoms with van der Waals surface area (Å²) in [5, 5.41) is 3.79. The highest BCUT2D eigenvalue weighted by atomic mass is 31.4. The molecule has 0 amide bonds. The van der Waals surface area contributed by atoms with E-state index >= 15 is 0 Å². The van der Waals surface area contributed by atoms with Crippen LogP contribution in [0.1, 0.15) is 145 Å². The highest BCUT2D eigenvalue weighted by Gasteiger charge is 3.44. The van der Waals surface area contributed by atoms with Crippen LogP contribution in [-0.4, -0.2) is 110 Å². The van der Waals surface area contributed by atoms with E-state index in [2.05, 4.69) is 257 Å². The first kappa shape index (κ1) is 55.4. The van der Waals surface area contributed by atoms with Gasteiger partial charge in [-0.15, -0.1) is 0 Å². The lowest BCUT2D eigenvalue weighted by molar-refractivity contribution is 0.729. The maximum atomic E-state index is 3.42. The maximum absolute atomic E-state index is 3.42. The van der Waals surface area contributed by atoms with E-state index in [1.165, 1.54) is 0 Å². The van der Waals surface area contributed by atoms with Crippen LogP contribution in [0.4, 0.5) is 0 Å². The van der Waals surface area contributed by atoms with Crippen molar-refractivity contribution in [1.29, 1.82) is 0 Å². The van der Waals surface area contributed by atoms with Crippen LogP contribution in [0.5, 0.6) is 0 Å². The van der Waals surface area contributed by atoms with E-state index in [1.54, 1.807) is 0 Å². The topological polar surface area (TPSA) is 0 Å². The molecule has 0 spiro atoms. The van der Waals surface area contributed by atoms with Crippen molar-refractivity contribution in [2.24, 2.45) is 0 Å². The van der Waals surface area contributed by atoms with E-state index in [0.717, 1.165) is 0 Å². The van der Waals surface area contributed by atoms with Crippen molar-refractivity contribution >= 4 is 110 Å². The summed E-state index contributed by atoms with van der Waals surface area (Å²) < 4.78 is 0. The van der Waals surface area contributed by atoms with Gasteiger partial charge in [-0.1, -0.05) is 257 Å². The summed E-state index contributed by atoms with van der Waals surface area (Å²) in [6.45, 7) is 121. The Hall–Kier alpha value is 3.47.